The Hall–Kier alpha value is -2.66. The van der Waals surface area contributed by atoms with Crippen LogP contribution in [0.1, 0.15) is 200 Å². The molecule has 0 rings (SSSR count). The van der Waals surface area contributed by atoms with Crippen LogP contribution in [-0.2, 0) is 19.1 Å². The van der Waals surface area contributed by atoms with Crippen molar-refractivity contribution in [2.24, 2.45) is 0 Å². The Kier molecular flexibility index (Phi) is 41.5. The van der Waals surface area contributed by atoms with Crippen molar-refractivity contribution in [3.8, 4) is 0 Å². The zero-order chi connectivity index (χ0) is 38.6. The number of allylic oxidation sites excluding steroid dienone is 12. The molecule has 0 aromatic rings. The van der Waals surface area contributed by atoms with Gasteiger partial charge in [0.15, 0.2) is 6.10 Å². The fourth-order valence-electron chi connectivity index (χ4n) is 5.97. The molecule has 0 aromatic carbocycles. The molecule has 0 amide bonds. The number of unbranched alkanes of at least 4 members (excludes halogenated alkanes) is 19. The number of hydrogen-bond acceptors (Lipinski definition) is 5. The number of esters is 2. The molecule has 0 fully saturated rings. The minimum Gasteiger partial charge on any atom is -0.462 e. The number of carbonyl (C=O) groups excluding carboxylic acids is 2. The number of ether oxygens (including phenoxy) is 2. The lowest BCUT2D eigenvalue weighted by Gasteiger charge is -2.15. The zero-order valence-electron chi connectivity index (χ0n) is 34.5. The van der Waals surface area contributed by atoms with Gasteiger partial charge in [-0.25, -0.2) is 0 Å². The number of aliphatic hydroxyl groups excluding tert-OH is 1. The standard InChI is InChI=1S/C48H82O5/c1-3-5-7-9-11-13-14-15-16-17-18-19-20-21-22-23-24-25-26-27-28-29-30-31-32-33-34-35-37-39-41-43-48(51)53-46(44-49)45-52-47(50)42-40-38-36-12-10-8-6-4-2/h5,7,11,13,15-16,18-19,21-22,24-25,46,49H,3-4,6,8-10,12,14,17,20,23,26-45H2,1-2H3/b7-5-,13-11-,16-15-,19-18-,22-21-,25-24-. The molecule has 0 saturated carbocycles. The Labute approximate surface area is 327 Å². The lowest BCUT2D eigenvalue weighted by Crippen LogP contribution is -2.28. The van der Waals surface area contributed by atoms with Gasteiger partial charge >= 0.3 is 11.9 Å². The Morgan fingerprint density at radius 3 is 1.23 bits per heavy atom. The normalized spacial score (nSPS) is 12.9. The van der Waals surface area contributed by atoms with E-state index < -0.39 is 6.10 Å². The molecule has 1 unspecified atom stereocenters. The van der Waals surface area contributed by atoms with Crippen molar-refractivity contribution >= 4 is 11.9 Å². The summed E-state index contributed by atoms with van der Waals surface area (Å²) in [5, 5.41) is 9.53. The molecule has 0 spiro atoms. The van der Waals surface area contributed by atoms with Gasteiger partial charge in [-0.1, -0.05) is 196 Å². The number of rotatable bonds is 39. The van der Waals surface area contributed by atoms with Gasteiger partial charge in [0, 0.05) is 12.8 Å². The van der Waals surface area contributed by atoms with Crippen LogP contribution in [-0.4, -0.2) is 36.4 Å². The number of aliphatic hydroxyl groups is 1. The van der Waals surface area contributed by atoms with Gasteiger partial charge in [0.25, 0.3) is 0 Å². The highest BCUT2D eigenvalue weighted by Gasteiger charge is 2.16. The molecule has 1 atom stereocenters. The Morgan fingerprint density at radius 2 is 0.811 bits per heavy atom. The number of hydrogen-bond donors (Lipinski definition) is 1. The second-order valence-corrected chi connectivity index (χ2v) is 14.4. The molecule has 53 heavy (non-hydrogen) atoms. The van der Waals surface area contributed by atoms with Crippen LogP contribution in [0, 0.1) is 0 Å². The zero-order valence-corrected chi connectivity index (χ0v) is 34.5. The highest BCUT2D eigenvalue weighted by Crippen LogP contribution is 2.14. The van der Waals surface area contributed by atoms with Crippen LogP contribution in [0.3, 0.4) is 0 Å². The maximum Gasteiger partial charge on any atom is 0.306 e. The molecule has 0 aliphatic carbocycles. The lowest BCUT2D eigenvalue weighted by molar-refractivity contribution is -0.161. The third-order valence-corrected chi connectivity index (χ3v) is 9.26. The highest BCUT2D eigenvalue weighted by atomic mass is 16.6. The summed E-state index contributed by atoms with van der Waals surface area (Å²) in [6.07, 6.45) is 58.5. The summed E-state index contributed by atoms with van der Waals surface area (Å²) >= 11 is 0. The van der Waals surface area contributed by atoms with E-state index in [0.717, 1.165) is 77.0 Å². The summed E-state index contributed by atoms with van der Waals surface area (Å²) in [7, 11) is 0. The molecule has 5 heteroatoms. The van der Waals surface area contributed by atoms with E-state index in [0.29, 0.717) is 12.8 Å². The smallest absolute Gasteiger partial charge is 0.306 e. The predicted molar refractivity (Wildman–Crippen MR) is 228 cm³/mol. The molecule has 1 N–H and O–H groups in total. The first kappa shape index (κ1) is 50.3. The molecular weight excluding hydrogens is 657 g/mol. The average Bonchev–Trinajstić information content (AvgIpc) is 3.16. The van der Waals surface area contributed by atoms with Crippen molar-refractivity contribution < 1.29 is 24.2 Å². The third-order valence-electron chi connectivity index (χ3n) is 9.26. The summed E-state index contributed by atoms with van der Waals surface area (Å²) in [4.78, 5) is 24.2. The number of carbonyl (C=O) groups is 2. The van der Waals surface area contributed by atoms with Crippen molar-refractivity contribution in [2.75, 3.05) is 13.2 Å². The topological polar surface area (TPSA) is 72.8 Å². The maximum absolute atomic E-state index is 12.2. The summed E-state index contributed by atoms with van der Waals surface area (Å²) in [6.45, 7) is 3.98. The van der Waals surface area contributed by atoms with Crippen LogP contribution in [0.15, 0.2) is 72.9 Å². The van der Waals surface area contributed by atoms with Crippen molar-refractivity contribution in [2.45, 2.75) is 206 Å². The second-order valence-electron chi connectivity index (χ2n) is 14.4. The van der Waals surface area contributed by atoms with E-state index in [1.54, 1.807) is 0 Å². The van der Waals surface area contributed by atoms with Crippen LogP contribution in [0.4, 0.5) is 0 Å². The van der Waals surface area contributed by atoms with Gasteiger partial charge in [-0.05, 0) is 64.2 Å². The molecule has 304 valence electrons. The van der Waals surface area contributed by atoms with E-state index in [1.165, 1.54) is 96.3 Å². The lowest BCUT2D eigenvalue weighted by atomic mass is 10.0. The largest absolute Gasteiger partial charge is 0.462 e. The van der Waals surface area contributed by atoms with Gasteiger partial charge in [-0.3, -0.25) is 9.59 Å². The van der Waals surface area contributed by atoms with Crippen molar-refractivity contribution in [1.29, 1.82) is 0 Å². The van der Waals surface area contributed by atoms with Crippen molar-refractivity contribution in [3.63, 3.8) is 0 Å². The Bertz CT molecular complexity index is 972. The first-order chi connectivity index (χ1) is 26.1. The quantitative estimate of drug-likeness (QED) is 0.0386. The van der Waals surface area contributed by atoms with E-state index >= 15 is 0 Å². The van der Waals surface area contributed by atoms with E-state index in [9.17, 15) is 14.7 Å². The fourth-order valence-corrected chi connectivity index (χ4v) is 5.97. The first-order valence-corrected chi connectivity index (χ1v) is 22.0. The van der Waals surface area contributed by atoms with E-state index in [1.807, 2.05) is 0 Å². The van der Waals surface area contributed by atoms with Crippen molar-refractivity contribution in [3.05, 3.63) is 72.9 Å². The summed E-state index contributed by atoms with van der Waals surface area (Å²) in [5.74, 6) is -0.598. The maximum atomic E-state index is 12.2. The van der Waals surface area contributed by atoms with Crippen LogP contribution in [0.5, 0.6) is 0 Å². The van der Waals surface area contributed by atoms with Crippen LogP contribution in [0.25, 0.3) is 0 Å². The summed E-state index contributed by atoms with van der Waals surface area (Å²) < 4.78 is 10.6. The van der Waals surface area contributed by atoms with E-state index in [2.05, 4.69) is 86.8 Å². The van der Waals surface area contributed by atoms with Gasteiger partial charge in [0.1, 0.15) is 6.61 Å². The monoisotopic (exact) mass is 739 g/mol. The molecule has 0 bridgehead atoms. The molecule has 0 aliphatic rings. The Balaban J connectivity index is 3.51. The summed E-state index contributed by atoms with van der Waals surface area (Å²) in [6, 6.07) is 0. The average molecular weight is 739 g/mol. The van der Waals surface area contributed by atoms with Gasteiger partial charge < -0.3 is 14.6 Å². The molecule has 0 radical (unpaired) electrons. The minimum atomic E-state index is -0.771. The highest BCUT2D eigenvalue weighted by molar-refractivity contribution is 5.70. The van der Waals surface area contributed by atoms with Crippen LogP contribution in [0.2, 0.25) is 0 Å². The molecule has 0 aliphatic heterocycles. The first-order valence-electron chi connectivity index (χ1n) is 22.0. The SMILES string of the molecule is CC/C=C\C/C=C\C/C=C\C/C=C\C/C=C\C/C=C\CCCCCCCCCCCCCCC(=O)OC(CO)COC(=O)CCCCCCCCCC. The van der Waals surface area contributed by atoms with E-state index in [-0.39, 0.29) is 25.2 Å². The van der Waals surface area contributed by atoms with Gasteiger partial charge in [-0.2, -0.15) is 0 Å². The van der Waals surface area contributed by atoms with Gasteiger partial charge in [-0.15, -0.1) is 0 Å². The predicted octanol–water partition coefficient (Wildman–Crippen LogP) is 14.1. The summed E-state index contributed by atoms with van der Waals surface area (Å²) in [5.41, 5.74) is 0. The van der Waals surface area contributed by atoms with Crippen molar-refractivity contribution in [1.82, 2.24) is 0 Å². The van der Waals surface area contributed by atoms with E-state index in [4.69, 9.17) is 9.47 Å². The third kappa shape index (κ3) is 42.0. The molecule has 0 heterocycles. The van der Waals surface area contributed by atoms with Crippen LogP contribution >= 0.6 is 0 Å². The molecular formula is C48H82O5. The Morgan fingerprint density at radius 1 is 0.453 bits per heavy atom. The van der Waals surface area contributed by atoms with Gasteiger partial charge in [0.2, 0.25) is 0 Å². The molecule has 5 nitrogen and oxygen atoms in total. The molecule has 0 saturated heterocycles. The fraction of sp³-hybridized carbons (Fsp3) is 0.708. The second kappa shape index (κ2) is 43.7. The van der Waals surface area contributed by atoms with Crippen LogP contribution < -0.4 is 0 Å². The molecule has 0 aromatic heterocycles. The minimum absolute atomic E-state index is 0.0670. The van der Waals surface area contributed by atoms with Gasteiger partial charge in [0.05, 0.1) is 6.61 Å².